The Morgan fingerprint density at radius 3 is 2.55 bits per heavy atom. The van der Waals surface area contributed by atoms with Crippen molar-refractivity contribution in [3.63, 3.8) is 0 Å². The van der Waals surface area contributed by atoms with Crippen LogP contribution in [0, 0.1) is 0 Å². The number of alkyl halides is 1. The van der Waals surface area contributed by atoms with Gasteiger partial charge in [0.05, 0.1) is 19.8 Å². The Balaban J connectivity index is 1.93. The lowest BCUT2D eigenvalue weighted by Crippen LogP contribution is -2.56. The summed E-state index contributed by atoms with van der Waals surface area (Å²) >= 11 is 0. The lowest BCUT2D eigenvalue weighted by Gasteiger charge is -2.39. The largest absolute Gasteiger partial charge is 0.497 e. The maximum absolute atomic E-state index is 12.6. The Hall–Kier alpha value is -1.62. The first kappa shape index (κ1) is 16.7. The lowest BCUT2D eigenvalue weighted by molar-refractivity contribution is -0.125. The zero-order valence-corrected chi connectivity index (χ0v) is 13.4. The van der Waals surface area contributed by atoms with Crippen LogP contribution in [0.2, 0.25) is 0 Å². The van der Waals surface area contributed by atoms with Crippen LogP contribution in [0.3, 0.4) is 0 Å². The summed E-state index contributed by atoms with van der Waals surface area (Å²) in [7, 11) is 1.63. The average Bonchev–Trinajstić information content (AvgIpc) is 2.55. The molecule has 0 saturated carbocycles. The van der Waals surface area contributed by atoms with Gasteiger partial charge in [0.2, 0.25) is 5.91 Å². The smallest absolute Gasteiger partial charge is 0.244 e. The van der Waals surface area contributed by atoms with Gasteiger partial charge < -0.3 is 9.64 Å². The van der Waals surface area contributed by atoms with E-state index in [0.29, 0.717) is 13.0 Å². The minimum Gasteiger partial charge on any atom is -0.497 e. The molecule has 1 heterocycles. The number of anilines is 1. The molecule has 122 valence electrons. The molecular formula is C17H25FN2O2. The van der Waals surface area contributed by atoms with Crippen molar-refractivity contribution in [3.05, 3.63) is 24.3 Å². The van der Waals surface area contributed by atoms with Crippen molar-refractivity contribution in [3.8, 4) is 5.75 Å². The van der Waals surface area contributed by atoms with Crippen LogP contribution in [0.1, 0.15) is 26.2 Å². The topological polar surface area (TPSA) is 32.8 Å². The third-order valence-corrected chi connectivity index (χ3v) is 4.25. The highest BCUT2D eigenvalue weighted by Crippen LogP contribution is 2.23. The summed E-state index contributed by atoms with van der Waals surface area (Å²) in [5.74, 6) is 0.914. The Bertz CT molecular complexity index is 478. The van der Waals surface area contributed by atoms with Gasteiger partial charge in [-0.05, 0) is 57.0 Å². The van der Waals surface area contributed by atoms with E-state index in [1.165, 1.54) is 0 Å². The lowest BCUT2D eigenvalue weighted by atomic mass is 10.1. The summed E-state index contributed by atoms with van der Waals surface area (Å²) in [4.78, 5) is 16.6. The zero-order chi connectivity index (χ0) is 15.9. The zero-order valence-electron chi connectivity index (χ0n) is 13.4. The second-order valence-electron chi connectivity index (χ2n) is 5.65. The highest BCUT2D eigenvalue weighted by Gasteiger charge is 2.31. The van der Waals surface area contributed by atoms with Gasteiger partial charge in [-0.1, -0.05) is 0 Å². The molecule has 0 spiro atoms. The van der Waals surface area contributed by atoms with Crippen molar-refractivity contribution in [2.75, 3.05) is 38.3 Å². The van der Waals surface area contributed by atoms with Crippen LogP contribution in [0.15, 0.2) is 24.3 Å². The van der Waals surface area contributed by atoms with E-state index < -0.39 is 0 Å². The molecule has 1 amide bonds. The number of methoxy groups -OCH3 is 1. The first-order valence-corrected chi connectivity index (χ1v) is 7.93. The molecule has 22 heavy (non-hydrogen) atoms. The summed E-state index contributed by atoms with van der Waals surface area (Å²) in [5, 5.41) is 0. The highest BCUT2D eigenvalue weighted by molar-refractivity contribution is 5.97. The van der Waals surface area contributed by atoms with Crippen LogP contribution in [-0.4, -0.2) is 50.3 Å². The molecular weight excluding hydrogens is 283 g/mol. The van der Waals surface area contributed by atoms with Crippen molar-refractivity contribution in [1.29, 1.82) is 0 Å². The van der Waals surface area contributed by atoms with Gasteiger partial charge in [-0.2, -0.15) is 0 Å². The molecule has 1 aliphatic rings. The molecule has 1 aromatic carbocycles. The molecule has 1 aromatic rings. The Labute approximate surface area is 131 Å². The second-order valence-corrected chi connectivity index (χ2v) is 5.65. The molecule has 0 aliphatic carbocycles. The van der Waals surface area contributed by atoms with E-state index in [4.69, 9.17) is 4.74 Å². The fraction of sp³-hybridized carbons (Fsp3) is 0.588. The van der Waals surface area contributed by atoms with Crippen LogP contribution in [-0.2, 0) is 4.79 Å². The molecule has 1 aliphatic heterocycles. The fourth-order valence-corrected chi connectivity index (χ4v) is 2.82. The van der Waals surface area contributed by atoms with Crippen LogP contribution in [0.25, 0.3) is 0 Å². The quantitative estimate of drug-likeness (QED) is 0.726. The Kier molecular flexibility index (Phi) is 6.19. The SMILES string of the molecule is COc1ccc(N2CCN(CCCCCF)[C@H](C)C2=O)cc1. The molecule has 5 heteroatoms. The average molecular weight is 308 g/mol. The Morgan fingerprint density at radius 2 is 1.91 bits per heavy atom. The van der Waals surface area contributed by atoms with Gasteiger partial charge in [-0.15, -0.1) is 0 Å². The fourth-order valence-electron chi connectivity index (χ4n) is 2.82. The summed E-state index contributed by atoms with van der Waals surface area (Å²) in [6.07, 6.45) is 2.45. The number of piperazine rings is 1. The maximum Gasteiger partial charge on any atom is 0.244 e. The second kappa shape index (κ2) is 8.13. The van der Waals surface area contributed by atoms with Gasteiger partial charge in [-0.3, -0.25) is 14.1 Å². The predicted octanol–water partition coefficient (Wildman–Crippen LogP) is 2.87. The minimum atomic E-state index is -0.250. The number of nitrogens with zero attached hydrogens (tertiary/aromatic N) is 2. The van der Waals surface area contributed by atoms with Crippen molar-refractivity contribution in [1.82, 2.24) is 4.90 Å². The van der Waals surface area contributed by atoms with Gasteiger partial charge in [0, 0.05) is 18.8 Å². The summed E-state index contributed by atoms with van der Waals surface area (Å²) in [6, 6.07) is 7.45. The third-order valence-electron chi connectivity index (χ3n) is 4.25. The number of halogens is 1. The van der Waals surface area contributed by atoms with E-state index in [-0.39, 0.29) is 18.6 Å². The molecule has 0 bridgehead atoms. The summed E-state index contributed by atoms with van der Waals surface area (Å²) in [6.45, 7) is 4.11. The molecule has 0 N–H and O–H groups in total. The number of rotatable bonds is 7. The van der Waals surface area contributed by atoms with Crippen LogP contribution in [0.4, 0.5) is 10.1 Å². The van der Waals surface area contributed by atoms with Crippen molar-refractivity contribution in [2.24, 2.45) is 0 Å². The molecule has 0 unspecified atom stereocenters. The maximum atomic E-state index is 12.6. The predicted molar refractivity (Wildman–Crippen MR) is 86.2 cm³/mol. The van der Waals surface area contributed by atoms with E-state index in [1.807, 2.05) is 36.1 Å². The van der Waals surface area contributed by atoms with Crippen molar-refractivity contribution in [2.45, 2.75) is 32.2 Å². The van der Waals surface area contributed by atoms with Gasteiger partial charge in [0.1, 0.15) is 5.75 Å². The van der Waals surface area contributed by atoms with E-state index in [1.54, 1.807) is 7.11 Å². The number of carbonyl (C=O) groups excluding carboxylic acids is 1. The molecule has 0 radical (unpaired) electrons. The number of amides is 1. The molecule has 4 nitrogen and oxygen atoms in total. The standard InChI is InChI=1S/C17H25FN2O2/c1-14-17(21)20(15-6-8-16(22-2)9-7-15)13-12-19(14)11-5-3-4-10-18/h6-9,14H,3-5,10-13H2,1-2H3/t14-/m1/s1. The molecule has 0 aromatic heterocycles. The van der Waals surface area contributed by atoms with E-state index in [0.717, 1.165) is 37.4 Å². The molecule has 1 fully saturated rings. The van der Waals surface area contributed by atoms with E-state index in [2.05, 4.69) is 4.90 Å². The van der Waals surface area contributed by atoms with Gasteiger partial charge >= 0.3 is 0 Å². The number of carbonyl (C=O) groups is 1. The van der Waals surface area contributed by atoms with Crippen LogP contribution in [0.5, 0.6) is 5.75 Å². The monoisotopic (exact) mass is 308 g/mol. The van der Waals surface area contributed by atoms with Gasteiger partial charge in [0.15, 0.2) is 0 Å². The van der Waals surface area contributed by atoms with E-state index in [9.17, 15) is 9.18 Å². The number of hydrogen-bond donors (Lipinski definition) is 0. The Morgan fingerprint density at radius 1 is 1.18 bits per heavy atom. The molecule has 1 saturated heterocycles. The minimum absolute atomic E-state index is 0.124. The number of hydrogen-bond acceptors (Lipinski definition) is 3. The van der Waals surface area contributed by atoms with Crippen molar-refractivity contribution >= 4 is 11.6 Å². The van der Waals surface area contributed by atoms with Crippen LogP contribution >= 0.6 is 0 Å². The number of ether oxygens (including phenoxy) is 1. The first-order valence-electron chi connectivity index (χ1n) is 7.93. The highest BCUT2D eigenvalue weighted by atomic mass is 19.1. The van der Waals surface area contributed by atoms with Gasteiger partial charge in [-0.25, -0.2) is 0 Å². The number of benzene rings is 1. The normalized spacial score (nSPS) is 19.5. The molecule has 2 rings (SSSR count). The number of unbranched alkanes of at least 4 members (excludes halogenated alkanes) is 2. The van der Waals surface area contributed by atoms with E-state index >= 15 is 0 Å². The summed E-state index contributed by atoms with van der Waals surface area (Å²) in [5.41, 5.74) is 0.912. The first-order chi connectivity index (χ1) is 10.7. The molecule has 1 atom stereocenters. The summed E-state index contributed by atoms with van der Waals surface area (Å²) < 4.78 is 17.3. The third kappa shape index (κ3) is 3.97. The van der Waals surface area contributed by atoms with Crippen molar-refractivity contribution < 1.29 is 13.9 Å². The van der Waals surface area contributed by atoms with Crippen LogP contribution < -0.4 is 9.64 Å². The van der Waals surface area contributed by atoms with Gasteiger partial charge in [0.25, 0.3) is 0 Å².